The quantitative estimate of drug-likeness (QED) is 0.358. The summed E-state index contributed by atoms with van der Waals surface area (Å²) >= 11 is 0. The van der Waals surface area contributed by atoms with Crippen LogP contribution in [0.15, 0.2) is 48.5 Å². The van der Waals surface area contributed by atoms with Crippen LogP contribution in [0.25, 0.3) is 10.8 Å². The van der Waals surface area contributed by atoms with E-state index in [1.54, 1.807) is 0 Å². The van der Waals surface area contributed by atoms with Gasteiger partial charge in [0.1, 0.15) is 0 Å². The van der Waals surface area contributed by atoms with Crippen molar-refractivity contribution in [3.63, 3.8) is 0 Å². The Morgan fingerprint density at radius 3 is 1.65 bits per heavy atom. The molecule has 0 aliphatic rings. The third kappa shape index (κ3) is 5.12. The van der Waals surface area contributed by atoms with Crippen LogP contribution >= 0.6 is 8.20 Å². The van der Waals surface area contributed by atoms with Gasteiger partial charge >= 0.3 is 0 Å². The summed E-state index contributed by atoms with van der Waals surface area (Å²) in [4.78, 5) is 0. The van der Waals surface area contributed by atoms with E-state index >= 15 is 0 Å². The summed E-state index contributed by atoms with van der Waals surface area (Å²) in [6.07, 6.45) is 0. The van der Waals surface area contributed by atoms with Crippen LogP contribution in [0.5, 0.6) is 0 Å². The molecule has 1 heteroatoms. The number of rotatable bonds is 2. The van der Waals surface area contributed by atoms with Gasteiger partial charge in [0.05, 0.1) is 0 Å². The van der Waals surface area contributed by atoms with Gasteiger partial charge in [-0.3, -0.25) is 0 Å². The van der Waals surface area contributed by atoms with E-state index in [2.05, 4.69) is 124 Å². The molecule has 164 valence electrons. The van der Waals surface area contributed by atoms with Crippen molar-refractivity contribution in [2.75, 3.05) is 0 Å². The summed E-state index contributed by atoms with van der Waals surface area (Å²) in [5, 5.41) is 4.16. The van der Waals surface area contributed by atoms with Gasteiger partial charge in [0.2, 0.25) is 0 Å². The Kier molecular flexibility index (Phi) is 6.29. The minimum Gasteiger partial charge on any atom is -0.0672 e. The summed E-state index contributed by atoms with van der Waals surface area (Å²) in [5.74, 6) is 2.42. The molecule has 3 rings (SSSR count). The lowest BCUT2D eigenvalue weighted by molar-refractivity contribution is 0.554. The van der Waals surface area contributed by atoms with E-state index in [0.717, 1.165) is 0 Å². The Hall–Kier alpha value is -1.91. The second kappa shape index (κ2) is 8.22. The molecule has 0 saturated carbocycles. The van der Waals surface area contributed by atoms with E-state index < -0.39 is 0 Å². The van der Waals surface area contributed by atoms with Gasteiger partial charge in [-0.05, 0) is 67.6 Å². The number of aryl methyl sites for hydroxylation is 1. The van der Waals surface area contributed by atoms with Crippen molar-refractivity contribution in [1.29, 1.82) is 0 Å². The normalized spacial score (nSPS) is 13.4. The van der Waals surface area contributed by atoms with Crippen LogP contribution in [0.2, 0.25) is 0 Å². The fraction of sp³-hybridized carbons (Fsp3) is 0.433. The minimum atomic E-state index is 0.0901. The fourth-order valence-corrected chi connectivity index (χ4v) is 5.64. The number of fused-ring (bicyclic) bond motifs is 1. The highest BCUT2D eigenvalue weighted by atomic mass is 31.1. The molecule has 0 heterocycles. The zero-order valence-corrected chi connectivity index (χ0v) is 22.0. The first-order valence-electron chi connectivity index (χ1n) is 11.4. The fourth-order valence-electron chi connectivity index (χ4n) is 4.07. The monoisotopic (exact) mass is 430 g/mol. The molecule has 0 fully saturated rings. The average Bonchev–Trinajstić information content (AvgIpc) is 2.65. The predicted molar refractivity (Wildman–Crippen MR) is 143 cm³/mol. The average molecular weight is 431 g/mol. The second-order valence-electron chi connectivity index (χ2n) is 11.9. The minimum absolute atomic E-state index is 0.0901. The smallest absolute Gasteiger partial charge is 0.00929 e. The van der Waals surface area contributed by atoms with Gasteiger partial charge in [0.25, 0.3) is 0 Å². The van der Waals surface area contributed by atoms with Crippen LogP contribution in [0.4, 0.5) is 0 Å². The highest BCUT2D eigenvalue weighted by molar-refractivity contribution is 7.48. The summed E-state index contributed by atoms with van der Waals surface area (Å²) in [6.45, 7) is 23.3. The Morgan fingerprint density at radius 1 is 0.645 bits per heavy atom. The van der Waals surface area contributed by atoms with Gasteiger partial charge in [-0.2, -0.15) is 0 Å². The Labute approximate surface area is 191 Å². The standard InChI is InChI=1S/C30H39P/c1-20-15-16-21(24-14-12-11-13-23(20)24)19-31-27-25(29(5,6)7)17-22(28(2,3)4)18-26(27)30(8,9)10/h11-19H,1-10H3. The van der Waals surface area contributed by atoms with Crippen LogP contribution in [0.3, 0.4) is 0 Å². The number of benzene rings is 3. The highest BCUT2D eigenvalue weighted by Gasteiger charge is 2.28. The molecule has 31 heavy (non-hydrogen) atoms. The first-order chi connectivity index (χ1) is 14.2. The van der Waals surface area contributed by atoms with Crippen LogP contribution in [0.1, 0.15) is 90.1 Å². The first kappa shape index (κ1) is 23.7. The lowest BCUT2D eigenvalue weighted by Gasteiger charge is -2.32. The maximum atomic E-state index is 2.47. The summed E-state index contributed by atoms with van der Waals surface area (Å²) < 4.78 is 0. The number of hydrogen-bond acceptors (Lipinski definition) is 0. The topological polar surface area (TPSA) is 0 Å². The van der Waals surface area contributed by atoms with Crippen molar-refractivity contribution in [3.8, 4) is 0 Å². The van der Waals surface area contributed by atoms with Crippen molar-refractivity contribution in [2.45, 2.75) is 85.5 Å². The van der Waals surface area contributed by atoms with E-state index in [9.17, 15) is 0 Å². The van der Waals surface area contributed by atoms with Crippen LogP contribution in [-0.4, -0.2) is 5.80 Å². The Morgan fingerprint density at radius 2 is 1.16 bits per heavy atom. The molecule has 0 spiro atoms. The molecular formula is C30H39P. The molecule has 3 aromatic rings. The third-order valence-electron chi connectivity index (χ3n) is 6.10. The van der Waals surface area contributed by atoms with E-state index in [4.69, 9.17) is 0 Å². The van der Waals surface area contributed by atoms with Crippen LogP contribution in [0, 0.1) is 6.92 Å². The third-order valence-corrected chi connectivity index (χ3v) is 7.25. The van der Waals surface area contributed by atoms with Crippen molar-refractivity contribution < 1.29 is 0 Å². The van der Waals surface area contributed by atoms with Crippen molar-refractivity contribution >= 4 is 30.1 Å². The molecule has 0 aromatic heterocycles. The summed E-state index contributed by atoms with van der Waals surface area (Å²) in [6, 6.07) is 18.2. The second-order valence-corrected chi connectivity index (χ2v) is 12.9. The summed E-state index contributed by atoms with van der Waals surface area (Å²) in [5.41, 5.74) is 7.35. The molecule has 0 bridgehead atoms. The predicted octanol–water partition coefficient (Wildman–Crippen LogP) is 8.46. The molecule has 0 nitrogen and oxygen atoms in total. The van der Waals surface area contributed by atoms with Crippen LogP contribution in [-0.2, 0) is 16.2 Å². The molecule has 0 atom stereocenters. The largest absolute Gasteiger partial charge is 0.0672 e. The molecule has 0 aliphatic heterocycles. The maximum absolute atomic E-state index is 2.47. The molecule has 0 unspecified atom stereocenters. The lowest BCUT2D eigenvalue weighted by atomic mass is 9.75. The van der Waals surface area contributed by atoms with Crippen LogP contribution < -0.4 is 5.30 Å². The molecular weight excluding hydrogens is 391 g/mol. The van der Waals surface area contributed by atoms with Crippen molar-refractivity contribution in [2.24, 2.45) is 0 Å². The van der Waals surface area contributed by atoms with Gasteiger partial charge in [-0.15, -0.1) is 0 Å². The zero-order valence-electron chi connectivity index (χ0n) is 21.1. The molecule has 0 aliphatic carbocycles. The molecule has 0 radical (unpaired) electrons. The molecule has 3 aromatic carbocycles. The first-order valence-corrected chi connectivity index (χ1v) is 12.4. The Bertz CT molecular complexity index is 1090. The number of hydrogen-bond donors (Lipinski definition) is 0. The van der Waals surface area contributed by atoms with Gasteiger partial charge in [-0.25, -0.2) is 0 Å². The van der Waals surface area contributed by atoms with Crippen molar-refractivity contribution in [3.05, 3.63) is 76.3 Å². The van der Waals surface area contributed by atoms with E-state index in [-0.39, 0.29) is 16.2 Å². The summed E-state index contributed by atoms with van der Waals surface area (Å²) in [7, 11) is 1.27. The molecule has 0 N–H and O–H groups in total. The van der Waals surface area contributed by atoms with Crippen molar-refractivity contribution in [1.82, 2.24) is 0 Å². The maximum Gasteiger partial charge on any atom is 0.00929 e. The van der Waals surface area contributed by atoms with Gasteiger partial charge in [0.15, 0.2) is 0 Å². The molecule has 0 saturated heterocycles. The zero-order chi connectivity index (χ0) is 23.2. The SMILES string of the molecule is Cc1ccc(C=Pc2c(C(C)(C)C)cc(C(C)(C)C)cc2C(C)(C)C)c2ccccc12. The van der Waals surface area contributed by atoms with E-state index in [0.29, 0.717) is 0 Å². The highest BCUT2D eigenvalue weighted by Crippen LogP contribution is 2.35. The van der Waals surface area contributed by atoms with Gasteiger partial charge in [-0.1, -0.05) is 119 Å². The Balaban J connectivity index is 2.29. The van der Waals surface area contributed by atoms with Gasteiger partial charge in [0, 0.05) is 5.30 Å². The van der Waals surface area contributed by atoms with E-state index in [1.165, 1.54) is 52.1 Å². The van der Waals surface area contributed by atoms with E-state index in [1.807, 2.05) is 0 Å². The lowest BCUT2D eigenvalue weighted by Crippen LogP contribution is -2.29. The molecule has 0 amide bonds. The van der Waals surface area contributed by atoms with Gasteiger partial charge < -0.3 is 0 Å².